The predicted octanol–water partition coefficient (Wildman–Crippen LogP) is 3.26. The number of aromatic nitrogens is 1. The highest BCUT2D eigenvalue weighted by atomic mass is 35.5. The van der Waals surface area contributed by atoms with Gasteiger partial charge in [-0.25, -0.2) is 9.18 Å². The lowest BCUT2D eigenvalue weighted by molar-refractivity contribution is -0.133. The van der Waals surface area contributed by atoms with Gasteiger partial charge in [0.1, 0.15) is 23.1 Å². The van der Waals surface area contributed by atoms with Crippen LogP contribution < -0.4 is 0 Å². The summed E-state index contributed by atoms with van der Waals surface area (Å²) in [6.45, 7) is 2.75. The van der Waals surface area contributed by atoms with Crippen molar-refractivity contribution in [2.24, 2.45) is 0 Å². The number of likely N-dealkylation sites (N-methyl/N-ethyl adjacent to an activating group) is 1. The average molecular weight is 501 g/mol. The zero-order chi connectivity index (χ0) is 25.1. The van der Waals surface area contributed by atoms with Crippen LogP contribution in [-0.4, -0.2) is 80.7 Å². The normalized spacial score (nSPS) is 21.8. The van der Waals surface area contributed by atoms with Crippen molar-refractivity contribution in [1.82, 2.24) is 19.7 Å². The molecule has 1 saturated heterocycles. The number of halogens is 2. The van der Waals surface area contributed by atoms with Crippen LogP contribution in [0.2, 0.25) is 5.02 Å². The molecule has 2 aromatic carbocycles. The number of nitrogens with one attached hydrogen (secondary N) is 1. The Balaban J connectivity index is 1.65. The topological polar surface area (TPSA) is 100 Å². The first-order valence-corrected chi connectivity index (χ1v) is 11.8. The van der Waals surface area contributed by atoms with Crippen LogP contribution in [0.4, 0.5) is 9.18 Å². The Morgan fingerprint density at radius 3 is 2.74 bits per heavy atom. The number of rotatable bonds is 6. The summed E-state index contributed by atoms with van der Waals surface area (Å²) in [7, 11) is 1.81. The minimum atomic E-state index is -1.19. The molecule has 1 aromatic heterocycles. The van der Waals surface area contributed by atoms with Gasteiger partial charge in [0.15, 0.2) is 0 Å². The van der Waals surface area contributed by atoms with E-state index in [-0.39, 0.29) is 36.3 Å². The molecule has 2 aliphatic rings. The summed E-state index contributed by atoms with van der Waals surface area (Å²) in [5.41, 5.74) is 1.40. The summed E-state index contributed by atoms with van der Waals surface area (Å²) in [6.07, 6.45) is 0.229. The summed E-state index contributed by atoms with van der Waals surface area (Å²) in [5.74, 6) is -0.857. The Hall–Kier alpha value is -3.14. The summed E-state index contributed by atoms with van der Waals surface area (Å²) < 4.78 is 14.2. The van der Waals surface area contributed by atoms with Gasteiger partial charge in [-0.05, 0) is 49.4 Å². The van der Waals surface area contributed by atoms with Crippen molar-refractivity contribution < 1.29 is 24.2 Å². The van der Waals surface area contributed by atoms with Gasteiger partial charge in [-0.1, -0.05) is 23.7 Å². The van der Waals surface area contributed by atoms with E-state index in [4.69, 9.17) is 11.6 Å². The van der Waals surface area contributed by atoms with Gasteiger partial charge in [0.2, 0.25) is 0 Å². The lowest BCUT2D eigenvalue weighted by Gasteiger charge is -2.42. The van der Waals surface area contributed by atoms with Crippen LogP contribution >= 0.6 is 11.6 Å². The van der Waals surface area contributed by atoms with Crippen molar-refractivity contribution in [2.45, 2.75) is 24.9 Å². The molecule has 184 valence electrons. The molecule has 10 heteroatoms. The number of hydrogen-bond donors (Lipinski definition) is 3. The van der Waals surface area contributed by atoms with Crippen molar-refractivity contribution in [3.63, 3.8) is 0 Å². The van der Waals surface area contributed by atoms with Crippen molar-refractivity contribution in [3.05, 3.63) is 64.1 Å². The number of aromatic hydroxyl groups is 1. The highest BCUT2D eigenvalue weighted by molar-refractivity contribution is 6.31. The number of imide groups is 1. The third kappa shape index (κ3) is 3.65. The SMILES string of the molecule is CN(CCO)CCN1C(=O)N2C(c3cccc(O)c3)c3[nH]c4cc(F)c(Cl)cc4c3CC2(C)C1=O. The van der Waals surface area contributed by atoms with Crippen molar-refractivity contribution in [1.29, 1.82) is 0 Å². The Morgan fingerprint density at radius 1 is 1.26 bits per heavy atom. The summed E-state index contributed by atoms with van der Waals surface area (Å²) in [5, 5.41) is 20.0. The minimum absolute atomic E-state index is 0.0212. The highest BCUT2D eigenvalue weighted by Crippen LogP contribution is 2.49. The highest BCUT2D eigenvalue weighted by Gasteiger charge is 2.60. The zero-order valence-electron chi connectivity index (χ0n) is 19.4. The van der Waals surface area contributed by atoms with Crippen LogP contribution in [0.15, 0.2) is 36.4 Å². The monoisotopic (exact) mass is 500 g/mol. The van der Waals surface area contributed by atoms with Gasteiger partial charge in [0.05, 0.1) is 11.6 Å². The van der Waals surface area contributed by atoms with Crippen molar-refractivity contribution in [3.8, 4) is 5.75 Å². The van der Waals surface area contributed by atoms with E-state index >= 15 is 0 Å². The number of fused-ring (bicyclic) bond motifs is 4. The molecule has 3 N–H and O–H groups in total. The second kappa shape index (κ2) is 8.51. The number of phenols is 1. The largest absolute Gasteiger partial charge is 0.508 e. The van der Waals surface area contributed by atoms with Crippen LogP contribution in [0.5, 0.6) is 5.75 Å². The number of H-pyrrole nitrogens is 1. The summed E-state index contributed by atoms with van der Waals surface area (Å²) >= 11 is 6.09. The molecule has 8 nitrogen and oxygen atoms in total. The van der Waals surface area contributed by atoms with E-state index in [2.05, 4.69) is 4.98 Å². The second-order valence-electron chi connectivity index (χ2n) is 9.41. The molecule has 1 fully saturated rings. The number of nitrogens with zero attached hydrogens (tertiary/aromatic N) is 3. The fourth-order valence-corrected chi connectivity index (χ4v) is 5.47. The first kappa shape index (κ1) is 23.6. The van der Waals surface area contributed by atoms with Crippen LogP contribution in [0.25, 0.3) is 10.9 Å². The predicted molar refractivity (Wildman–Crippen MR) is 129 cm³/mol. The molecule has 0 spiro atoms. The first-order valence-electron chi connectivity index (χ1n) is 11.4. The molecular weight excluding hydrogens is 475 g/mol. The molecule has 5 rings (SSSR count). The number of amides is 3. The number of aromatic amines is 1. The van der Waals surface area contributed by atoms with Crippen LogP contribution in [0, 0.1) is 5.82 Å². The fraction of sp³-hybridized carbons (Fsp3) is 0.360. The third-order valence-corrected chi connectivity index (χ3v) is 7.37. The van der Waals surface area contributed by atoms with E-state index in [1.807, 2.05) is 11.9 Å². The van der Waals surface area contributed by atoms with E-state index in [9.17, 15) is 24.2 Å². The maximum absolute atomic E-state index is 14.2. The first-order chi connectivity index (χ1) is 16.7. The van der Waals surface area contributed by atoms with E-state index < -0.39 is 23.4 Å². The van der Waals surface area contributed by atoms with E-state index in [1.54, 1.807) is 36.1 Å². The number of benzene rings is 2. The molecule has 2 atom stereocenters. The molecule has 3 amide bonds. The Kier molecular flexibility index (Phi) is 5.74. The number of aliphatic hydroxyl groups is 1. The van der Waals surface area contributed by atoms with E-state index in [1.165, 1.54) is 17.0 Å². The van der Waals surface area contributed by atoms with Crippen LogP contribution in [0.3, 0.4) is 0 Å². The molecule has 3 aromatic rings. The fourth-order valence-electron chi connectivity index (χ4n) is 5.30. The molecule has 0 aliphatic carbocycles. The van der Waals surface area contributed by atoms with Crippen molar-refractivity contribution in [2.75, 3.05) is 33.3 Å². The average Bonchev–Trinajstić information content (AvgIpc) is 3.23. The van der Waals surface area contributed by atoms with Gasteiger partial charge in [-0.3, -0.25) is 14.6 Å². The van der Waals surface area contributed by atoms with Crippen LogP contribution in [0.1, 0.15) is 29.8 Å². The number of urea groups is 1. The third-order valence-electron chi connectivity index (χ3n) is 7.08. The lowest BCUT2D eigenvalue weighted by atomic mass is 9.81. The number of phenolic OH excluding ortho intramolecular Hbond substituents is 1. The molecule has 0 radical (unpaired) electrons. The van der Waals surface area contributed by atoms with Crippen molar-refractivity contribution >= 4 is 34.4 Å². The zero-order valence-corrected chi connectivity index (χ0v) is 20.1. The van der Waals surface area contributed by atoms with Gasteiger partial charge in [-0.2, -0.15) is 0 Å². The van der Waals surface area contributed by atoms with Gasteiger partial charge >= 0.3 is 6.03 Å². The standard InChI is InChI=1S/C25H26ClFN4O4/c1-25-13-17-16-11-18(26)19(27)12-20(16)28-21(17)22(14-4-3-5-15(33)10-14)31(25)24(35)30(23(25)34)7-6-29(2)8-9-32/h3-5,10-12,22,28,32-33H,6-9,13H2,1-2H3. The molecule has 0 bridgehead atoms. The van der Waals surface area contributed by atoms with Gasteiger partial charge in [0.25, 0.3) is 5.91 Å². The van der Waals surface area contributed by atoms with E-state index in [0.717, 1.165) is 5.56 Å². The Morgan fingerprint density at radius 2 is 2.03 bits per heavy atom. The molecule has 2 unspecified atom stereocenters. The van der Waals surface area contributed by atoms with Gasteiger partial charge in [-0.15, -0.1) is 0 Å². The second-order valence-corrected chi connectivity index (χ2v) is 9.82. The summed E-state index contributed by atoms with van der Waals surface area (Å²) in [4.78, 5) is 35.4. The Labute approximate surface area is 206 Å². The van der Waals surface area contributed by atoms with Crippen LogP contribution in [-0.2, 0) is 11.2 Å². The number of hydrogen-bond acceptors (Lipinski definition) is 5. The lowest BCUT2D eigenvalue weighted by Crippen LogP contribution is -2.53. The maximum atomic E-state index is 14.2. The molecule has 2 aliphatic heterocycles. The molecular formula is C25H26ClFN4O4. The summed E-state index contributed by atoms with van der Waals surface area (Å²) in [6, 6.07) is 8.28. The smallest absolute Gasteiger partial charge is 0.328 e. The number of aliphatic hydroxyl groups excluding tert-OH is 1. The van der Waals surface area contributed by atoms with Gasteiger partial charge < -0.3 is 20.1 Å². The number of carbonyl (C=O) groups excluding carboxylic acids is 2. The number of carbonyl (C=O) groups is 2. The molecule has 35 heavy (non-hydrogen) atoms. The quantitative estimate of drug-likeness (QED) is 0.451. The molecule has 0 saturated carbocycles. The van der Waals surface area contributed by atoms with E-state index in [0.29, 0.717) is 35.2 Å². The minimum Gasteiger partial charge on any atom is -0.508 e. The van der Waals surface area contributed by atoms with Gasteiger partial charge in [0, 0.05) is 42.7 Å². The maximum Gasteiger partial charge on any atom is 0.328 e. The Bertz CT molecular complexity index is 1340. The molecule has 3 heterocycles.